The van der Waals surface area contributed by atoms with Crippen LogP contribution in [0.15, 0.2) is 23.1 Å². The third-order valence-corrected chi connectivity index (χ3v) is 4.08. The molecule has 1 atom stereocenters. The zero-order chi connectivity index (χ0) is 9.97. The summed E-state index contributed by atoms with van der Waals surface area (Å²) in [6.07, 6.45) is 1.30. The molecule has 2 heteroatoms. The van der Waals surface area contributed by atoms with E-state index < -0.39 is 0 Å². The summed E-state index contributed by atoms with van der Waals surface area (Å²) in [6, 6.07) is 6.71. The van der Waals surface area contributed by atoms with Gasteiger partial charge in [0.05, 0.1) is 0 Å². The molecule has 1 N–H and O–H groups in total. The van der Waals surface area contributed by atoms with Crippen molar-refractivity contribution in [2.75, 3.05) is 13.1 Å². The molecule has 0 spiro atoms. The Labute approximate surface area is 90.3 Å². The molecule has 1 heterocycles. The quantitative estimate of drug-likeness (QED) is 0.800. The molecule has 1 nitrogen and oxygen atoms in total. The van der Waals surface area contributed by atoms with Gasteiger partial charge in [0, 0.05) is 16.7 Å². The Balaban J connectivity index is 2.10. The van der Waals surface area contributed by atoms with Crippen molar-refractivity contribution in [2.45, 2.75) is 30.4 Å². The largest absolute Gasteiger partial charge is 0.316 e. The van der Waals surface area contributed by atoms with Gasteiger partial charge in [-0.05, 0) is 38.4 Å². The Kier molecular flexibility index (Phi) is 3.14. The highest BCUT2D eigenvalue weighted by Crippen LogP contribution is 2.30. The van der Waals surface area contributed by atoms with Crippen LogP contribution in [0.1, 0.15) is 17.5 Å². The molecule has 1 aliphatic heterocycles. The summed E-state index contributed by atoms with van der Waals surface area (Å²) < 4.78 is 0. The van der Waals surface area contributed by atoms with Crippen LogP contribution in [-0.4, -0.2) is 18.3 Å². The van der Waals surface area contributed by atoms with Gasteiger partial charge in [0.2, 0.25) is 0 Å². The lowest BCUT2D eigenvalue weighted by Gasteiger charge is -2.11. The molecule has 1 saturated heterocycles. The lowest BCUT2D eigenvalue weighted by molar-refractivity contribution is 0.858. The molecule has 0 radical (unpaired) electrons. The van der Waals surface area contributed by atoms with E-state index in [1.807, 2.05) is 11.8 Å². The molecular formula is C12H17NS. The van der Waals surface area contributed by atoms with Crippen molar-refractivity contribution in [3.8, 4) is 0 Å². The van der Waals surface area contributed by atoms with Gasteiger partial charge in [0.15, 0.2) is 0 Å². The average molecular weight is 207 g/mol. The maximum Gasteiger partial charge on any atom is 0.0231 e. The second kappa shape index (κ2) is 4.37. The fourth-order valence-corrected chi connectivity index (χ4v) is 3.05. The third kappa shape index (κ3) is 2.31. The lowest BCUT2D eigenvalue weighted by atomic mass is 10.2. The molecule has 0 bridgehead atoms. The van der Waals surface area contributed by atoms with E-state index in [-0.39, 0.29) is 0 Å². The molecule has 1 aromatic carbocycles. The van der Waals surface area contributed by atoms with Crippen LogP contribution in [0.3, 0.4) is 0 Å². The SMILES string of the molecule is Cc1ccc(C)c(SC2CCNC2)c1. The first kappa shape index (κ1) is 10.1. The first-order chi connectivity index (χ1) is 6.75. The molecule has 2 rings (SSSR count). The summed E-state index contributed by atoms with van der Waals surface area (Å²) in [6.45, 7) is 6.71. The van der Waals surface area contributed by atoms with Crippen LogP contribution in [0.5, 0.6) is 0 Å². The number of hydrogen-bond acceptors (Lipinski definition) is 2. The lowest BCUT2D eigenvalue weighted by Crippen LogP contribution is -2.10. The van der Waals surface area contributed by atoms with Gasteiger partial charge >= 0.3 is 0 Å². The molecule has 1 fully saturated rings. The summed E-state index contributed by atoms with van der Waals surface area (Å²) in [4.78, 5) is 1.46. The summed E-state index contributed by atoms with van der Waals surface area (Å²) >= 11 is 2.03. The Morgan fingerprint density at radius 3 is 2.93 bits per heavy atom. The van der Waals surface area contributed by atoms with Gasteiger partial charge in [-0.1, -0.05) is 17.7 Å². The number of aryl methyl sites for hydroxylation is 2. The van der Waals surface area contributed by atoms with Crippen LogP contribution in [0.2, 0.25) is 0 Å². The molecule has 1 aromatic rings. The zero-order valence-electron chi connectivity index (χ0n) is 8.84. The van der Waals surface area contributed by atoms with E-state index in [0.717, 1.165) is 11.8 Å². The van der Waals surface area contributed by atoms with Crippen LogP contribution in [0, 0.1) is 13.8 Å². The summed E-state index contributed by atoms with van der Waals surface area (Å²) in [5.74, 6) is 0. The van der Waals surface area contributed by atoms with Gasteiger partial charge in [-0.3, -0.25) is 0 Å². The molecule has 0 amide bonds. The first-order valence-electron chi connectivity index (χ1n) is 5.20. The van der Waals surface area contributed by atoms with E-state index in [1.165, 1.54) is 29.0 Å². The number of thioether (sulfide) groups is 1. The van der Waals surface area contributed by atoms with Gasteiger partial charge in [-0.2, -0.15) is 0 Å². The van der Waals surface area contributed by atoms with Gasteiger partial charge in [-0.15, -0.1) is 11.8 Å². The molecule has 14 heavy (non-hydrogen) atoms. The first-order valence-corrected chi connectivity index (χ1v) is 6.08. The fraction of sp³-hybridized carbons (Fsp3) is 0.500. The maximum atomic E-state index is 3.41. The zero-order valence-corrected chi connectivity index (χ0v) is 9.66. The van der Waals surface area contributed by atoms with Gasteiger partial charge < -0.3 is 5.32 Å². The van der Waals surface area contributed by atoms with Crippen LogP contribution < -0.4 is 5.32 Å². The Hall–Kier alpha value is -0.470. The van der Waals surface area contributed by atoms with E-state index in [9.17, 15) is 0 Å². The predicted molar refractivity (Wildman–Crippen MR) is 63.0 cm³/mol. The van der Waals surface area contributed by atoms with E-state index in [1.54, 1.807) is 0 Å². The van der Waals surface area contributed by atoms with E-state index in [0.29, 0.717) is 0 Å². The van der Waals surface area contributed by atoms with Crippen molar-refractivity contribution in [3.63, 3.8) is 0 Å². The third-order valence-electron chi connectivity index (χ3n) is 2.65. The van der Waals surface area contributed by atoms with Crippen molar-refractivity contribution >= 4 is 11.8 Å². The highest BCUT2D eigenvalue weighted by molar-refractivity contribution is 8.00. The number of hydrogen-bond donors (Lipinski definition) is 1. The second-order valence-corrected chi connectivity index (χ2v) is 5.34. The van der Waals surface area contributed by atoms with Crippen molar-refractivity contribution in [1.82, 2.24) is 5.32 Å². The minimum atomic E-state index is 0.774. The van der Waals surface area contributed by atoms with E-state index in [4.69, 9.17) is 0 Å². The molecule has 0 aromatic heterocycles. The summed E-state index contributed by atoms with van der Waals surface area (Å²) in [7, 11) is 0. The Bertz CT molecular complexity index is 316. The molecule has 0 aliphatic carbocycles. The van der Waals surface area contributed by atoms with Gasteiger partial charge in [-0.25, -0.2) is 0 Å². The Morgan fingerprint density at radius 2 is 2.21 bits per heavy atom. The molecular weight excluding hydrogens is 190 g/mol. The topological polar surface area (TPSA) is 12.0 Å². The van der Waals surface area contributed by atoms with Crippen molar-refractivity contribution < 1.29 is 0 Å². The fourth-order valence-electron chi connectivity index (χ4n) is 1.74. The number of nitrogens with one attached hydrogen (secondary N) is 1. The van der Waals surface area contributed by atoms with Crippen LogP contribution in [0.25, 0.3) is 0 Å². The smallest absolute Gasteiger partial charge is 0.0231 e. The van der Waals surface area contributed by atoms with E-state index in [2.05, 4.69) is 37.4 Å². The second-order valence-electron chi connectivity index (χ2n) is 4.00. The van der Waals surface area contributed by atoms with Gasteiger partial charge in [0.25, 0.3) is 0 Å². The number of rotatable bonds is 2. The normalized spacial score (nSPS) is 21.4. The van der Waals surface area contributed by atoms with Crippen LogP contribution >= 0.6 is 11.8 Å². The summed E-state index contributed by atoms with van der Waals surface area (Å²) in [5, 5.41) is 4.18. The molecule has 1 aliphatic rings. The summed E-state index contributed by atoms with van der Waals surface area (Å²) in [5.41, 5.74) is 2.77. The highest BCUT2D eigenvalue weighted by atomic mass is 32.2. The van der Waals surface area contributed by atoms with E-state index >= 15 is 0 Å². The standard InChI is InChI=1S/C12H17NS/c1-9-3-4-10(2)12(7-9)14-11-5-6-13-8-11/h3-4,7,11,13H,5-6,8H2,1-2H3. The van der Waals surface area contributed by atoms with Crippen molar-refractivity contribution in [3.05, 3.63) is 29.3 Å². The molecule has 1 unspecified atom stereocenters. The van der Waals surface area contributed by atoms with Crippen LogP contribution in [0.4, 0.5) is 0 Å². The maximum absolute atomic E-state index is 3.41. The Morgan fingerprint density at radius 1 is 1.36 bits per heavy atom. The average Bonchev–Trinajstić information content (AvgIpc) is 2.64. The van der Waals surface area contributed by atoms with Crippen molar-refractivity contribution in [2.24, 2.45) is 0 Å². The monoisotopic (exact) mass is 207 g/mol. The highest BCUT2D eigenvalue weighted by Gasteiger charge is 2.16. The number of benzene rings is 1. The van der Waals surface area contributed by atoms with Crippen LogP contribution in [-0.2, 0) is 0 Å². The predicted octanol–water partition coefficient (Wildman–Crippen LogP) is 2.76. The minimum absolute atomic E-state index is 0.774. The van der Waals surface area contributed by atoms with Gasteiger partial charge in [0.1, 0.15) is 0 Å². The van der Waals surface area contributed by atoms with Crippen molar-refractivity contribution in [1.29, 1.82) is 0 Å². The molecule has 0 saturated carbocycles. The molecule has 76 valence electrons. The minimum Gasteiger partial charge on any atom is -0.316 e.